The SMILES string of the molecule is c1ccc(-c2nc(-c3ccccc3)nc(-c3cc4ccccc4c4c3oc3c(-c5ccc(-c6cccc7ccccc67)cc5)cccc34)n2)cc1. The Bertz CT molecular complexity index is 2830. The van der Waals surface area contributed by atoms with Gasteiger partial charge in [-0.25, -0.2) is 15.0 Å². The van der Waals surface area contributed by atoms with E-state index in [1.54, 1.807) is 0 Å². The van der Waals surface area contributed by atoms with Gasteiger partial charge >= 0.3 is 0 Å². The number of para-hydroxylation sites is 1. The number of nitrogens with zero attached hydrogens (tertiary/aromatic N) is 3. The molecule has 8 aromatic carbocycles. The van der Waals surface area contributed by atoms with Crippen LogP contribution in [0.1, 0.15) is 0 Å². The Hall–Kier alpha value is -6.91. The summed E-state index contributed by atoms with van der Waals surface area (Å²) in [4.78, 5) is 15.1. The molecule has 238 valence electrons. The first-order chi connectivity index (χ1) is 25.3. The number of hydrogen-bond acceptors (Lipinski definition) is 4. The number of fused-ring (bicyclic) bond motifs is 6. The van der Waals surface area contributed by atoms with Gasteiger partial charge in [-0.3, -0.25) is 0 Å². The lowest BCUT2D eigenvalue weighted by molar-refractivity contribution is 0.671. The van der Waals surface area contributed by atoms with E-state index in [0.29, 0.717) is 17.5 Å². The molecule has 10 rings (SSSR count). The van der Waals surface area contributed by atoms with Crippen molar-refractivity contribution in [1.29, 1.82) is 0 Å². The van der Waals surface area contributed by atoms with Crippen molar-refractivity contribution < 1.29 is 4.42 Å². The van der Waals surface area contributed by atoms with Crippen molar-refractivity contribution in [3.05, 3.63) is 176 Å². The van der Waals surface area contributed by atoms with Crippen LogP contribution in [0.5, 0.6) is 0 Å². The Balaban J connectivity index is 1.19. The largest absolute Gasteiger partial charge is 0.455 e. The molecule has 0 N–H and O–H groups in total. The predicted octanol–water partition coefficient (Wildman–Crippen LogP) is 12.4. The highest BCUT2D eigenvalue weighted by Crippen LogP contribution is 2.43. The van der Waals surface area contributed by atoms with Gasteiger partial charge in [0, 0.05) is 27.5 Å². The fourth-order valence-corrected chi connectivity index (χ4v) is 7.28. The first kappa shape index (κ1) is 29.0. The monoisotopic (exact) mass is 651 g/mol. The minimum Gasteiger partial charge on any atom is -0.455 e. The Labute approximate surface area is 294 Å². The molecule has 0 atom stereocenters. The van der Waals surface area contributed by atoms with E-state index in [0.717, 1.165) is 60.5 Å². The van der Waals surface area contributed by atoms with Crippen LogP contribution < -0.4 is 0 Å². The van der Waals surface area contributed by atoms with E-state index in [9.17, 15) is 0 Å². The van der Waals surface area contributed by atoms with E-state index < -0.39 is 0 Å². The molecular weight excluding hydrogens is 623 g/mol. The molecule has 0 aliphatic heterocycles. The Kier molecular flexibility index (Phi) is 6.78. The van der Waals surface area contributed by atoms with Crippen molar-refractivity contribution >= 4 is 43.5 Å². The lowest BCUT2D eigenvalue weighted by Gasteiger charge is -2.10. The van der Waals surface area contributed by atoms with E-state index in [-0.39, 0.29) is 0 Å². The van der Waals surface area contributed by atoms with Crippen molar-refractivity contribution in [2.24, 2.45) is 0 Å². The minimum atomic E-state index is 0.568. The van der Waals surface area contributed by atoms with Gasteiger partial charge in [-0.05, 0) is 44.3 Å². The van der Waals surface area contributed by atoms with Crippen LogP contribution in [0.25, 0.3) is 99.9 Å². The van der Waals surface area contributed by atoms with Crippen LogP contribution in [0.15, 0.2) is 180 Å². The maximum absolute atomic E-state index is 6.99. The smallest absolute Gasteiger partial charge is 0.167 e. The zero-order chi connectivity index (χ0) is 33.7. The molecule has 0 amide bonds. The van der Waals surface area contributed by atoms with Gasteiger partial charge in [0.25, 0.3) is 0 Å². The topological polar surface area (TPSA) is 51.8 Å². The second-order valence-corrected chi connectivity index (χ2v) is 12.8. The highest BCUT2D eigenvalue weighted by atomic mass is 16.3. The molecule has 0 fully saturated rings. The van der Waals surface area contributed by atoms with Gasteiger partial charge in [0.05, 0.1) is 5.56 Å². The van der Waals surface area contributed by atoms with Crippen LogP contribution in [0.2, 0.25) is 0 Å². The molecule has 0 radical (unpaired) electrons. The molecule has 4 nitrogen and oxygen atoms in total. The third kappa shape index (κ3) is 4.96. The summed E-state index contributed by atoms with van der Waals surface area (Å²) in [7, 11) is 0. The fraction of sp³-hybridized carbons (Fsp3) is 0. The van der Waals surface area contributed by atoms with E-state index in [1.165, 1.54) is 21.9 Å². The van der Waals surface area contributed by atoms with Gasteiger partial charge in [0.15, 0.2) is 17.5 Å². The lowest BCUT2D eigenvalue weighted by atomic mass is 9.95. The van der Waals surface area contributed by atoms with Gasteiger partial charge in [-0.15, -0.1) is 0 Å². The van der Waals surface area contributed by atoms with Gasteiger partial charge in [-0.2, -0.15) is 0 Å². The zero-order valence-electron chi connectivity index (χ0n) is 27.5. The van der Waals surface area contributed by atoms with Crippen LogP contribution in [0.3, 0.4) is 0 Å². The summed E-state index contributed by atoms with van der Waals surface area (Å²) in [6.07, 6.45) is 0. The Morgan fingerprint density at radius 1 is 0.314 bits per heavy atom. The van der Waals surface area contributed by atoms with Crippen molar-refractivity contribution in [1.82, 2.24) is 15.0 Å². The first-order valence-corrected chi connectivity index (χ1v) is 17.1. The molecule has 0 saturated carbocycles. The van der Waals surface area contributed by atoms with E-state index in [2.05, 4.69) is 115 Å². The standard InChI is InChI=1S/C47H29N3O/c1-3-14-33(15-4-1)45-48-46(34-16-5-2-6-17-34)50-47(49-45)41-29-35-18-8-10-21-38(35)42-40-24-12-23-39(43(40)51-44(41)42)32-27-25-31(26-28-32)37-22-11-19-30-13-7-9-20-36(30)37/h1-29H. The number of furan rings is 1. The van der Waals surface area contributed by atoms with Crippen molar-refractivity contribution in [3.63, 3.8) is 0 Å². The fourth-order valence-electron chi connectivity index (χ4n) is 7.28. The summed E-state index contributed by atoms with van der Waals surface area (Å²) < 4.78 is 6.99. The van der Waals surface area contributed by atoms with Gasteiger partial charge in [-0.1, -0.05) is 170 Å². The molecule has 51 heavy (non-hydrogen) atoms. The predicted molar refractivity (Wildman–Crippen MR) is 209 cm³/mol. The van der Waals surface area contributed by atoms with Crippen LogP contribution in [0.4, 0.5) is 0 Å². The molecule has 0 spiro atoms. The summed E-state index contributed by atoms with van der Waals surface area (Å²) in [6, 6.07) is 61.0. The summed E-state index contributed by atoms with van der Waals surface area (Å²) in [5.41, 5.74) is 8.80. The van der Waals surface area contributed by atoms with E-state index >= 15 is 0 Å². The van der Waals surface area contributed by atoms with Crippen LogP contribution in [-0.4, -0.2) is 15.0 Å². The average Bonchev–Trinajstić information content (AvgIpc) is 3.61. The second-order valence-electron chi connectivity index (χ2n) is 12.8. The number of benzene rings is 8. The normalized spacial score (nSPS) is 11.5. The molecule has 4 heteroatoms. The number of rotatable bonds is 5. The summed E-state index contributed by atoms with van der Waals surface area (Å²) in [6.45, 7) is 0. The molecule has 2 heterocycles. The van der Waals surface area contributed by atoms with E-state index in [4.69, 9.17) is 19.4 Å². The van der Waals surface area contributed by atoms with Gasteiger partial charge < -0.3 is 4.42 Å². The highest BCUT2D eigenvalue weighted by Gasteiger charge is 2.22. The molecule has 10 aromatic rings. The van der Waals surface area contributed by atoms with E-state index in [1.807, 2.05) is 60.7 Å². The Morgan fingerprint density at radius 3 is 1.53 bits per heavy atom. The lowest BCUT2D eigenvalue weighted by Crippen LogP contribution is -2.00. The van der Waals surface area contributed by atoms with Crippen molar-refractivity contribution in [2.75, 3.05) is 0 Å². The van der Waals surface area contributed by atoms with Crippen LogP contribution in [0, 0.1) is 0 Å². The molecular formula is C47H29N3O. The van der Waals surface area contributed by atoms with Crippen molar-refractivity contribution in [3.8, 4) is 56.4 Å². The quantitative estimate of drug-likeness (QED) is 0.186. The van der Waals surface area contributed by atoms with Gasteiger partial charge in [0.2, 0.25) is 0 Å². The first-order valence-electron chi connectivity index (χ1n) is 17.1. The summed E-state index contributed by atoms with van der Waals surface area (Å²) >= 11 is 0. The van der Waals surface area contributed by atoms with Gasteiger partial charge in [0.1, 0.15) is 11.2 Å². The minimum absolute atomic E-state index is 0.568. The van der Waals surface area contributed by atoms with Crippen LogP contribution in [-0.2, 0) is 0 Å². The highest BCUT2D eigenvalue weighted by molar-refractivity contribution is 6.23. The van der Waals surface area contributed by atoms with Crippen LogP contribution >= 0.6 is 0 Å². The third-order valence-corrected chi connectivity index (χ3v) is 9.73. The maximum atomic E-state index is 6.99. The molecule has 0 bridgehead atoms. The average molecular weight is 652 g/mol. The third-order valence-electron chi connectivity index (χ3n) is 9.73. The molecule has 0 aliphatic rings. The molecule has 0 aliphatic carbocycles. The Morgan fingerprint density at radius 2 is 0.824 bits per heavy atom. The molecule has 0 unspecified atom stereocenters. The maximum Gasteiger partial charge on any atom is 0.167 e. The molecule has 0 saturated heterocycles. The summed E-state index contributed by atoms with van der Waals surface area (Å²) in [5.74, 6) is 1.80. The molecule has 2 aromatic heterocycles. The number of aromatic nitrogens is 3. The van der Waals surface area contributed by atoms with Crippen molar-refractivity contribution in [2.45, 2.75) is 0 Å². The second kappa shape index (κ2) is 11.9. The number of hydrogen-bond donors (Lipinski definition) is 0. The summed E-state index contributed by atoms with van der Waals surface area (Å²) in [5, 5.41) is 6.80. The zero-order valence-corrected chi connectivity index (χ0v) is 27.5.